The Morgan fingerprint density at radius 1 is 1.03 bits per heavy atom. The van der Waals surface area contributed by atoms with Gasteiger partial charge in [0.25, 0.3) is 0 Å². The number of hydrogen-bond acceptors (Lipinski definition) is 5. The van der Waals surface area contributed by atoms with Crippen LogP contribution in [0.15, 0.2) is 60.8 Å². The number of pyridine rings is 1. The summed E-state index contributed by atoms with van der Waals surface area (Å²) < 4.78 is 0. The van der Waals surface area contributed by atoms with Gasteiger partial charge in [0.05, 0.1) is 23.1 Å². The largest absolute Gasteiger partial charge is 0.478 e. The van der Waals surface area contributed by atoms with Gasteiger partial charge in [-0.3, -0.25) is 9.78 Å². The Morgan fingerprint density at radius 3 is 2.30 bits per heavy atom. The smallest absolute Gasteiger partial charge is 0.337 e. The molecule has 0 saturated carbocycles. The fourth-order valence-corrected chi connectivity index (χ4v) is 4.18. The van der Waals surface area contributed by atoms with Crippen molar-refractivity contribution in [2.45, 2.75) is 19.8 Å². The number of aromatic nitrogens is 1. The van der Waals surface area contributed by atoms with Gasteiger partial charge < -0.3 is 14.9 Å². The van der Waals surface area contributed by atoms with Crippen molar-refractivity contribution in [3.05, 3.63) is 82.6 Å². The number of ketones is 1. The highest BCUT2D eigenvalue weighted by Crippen LogP contribution is 2.29. The molecule has 0 atom stereocenters. The van der Waals surface area contributed by atoms with E-state index >= 15 is 0 Å². The molecule has 3 aromatic rings. The van der Waals surface area contributed by atoms with Crippen molar-refractivity contribution in [3.63, 3.8) is 0 Å². The molecule has 33 heavy (non-hydrogen) atoms. The summed E-state index contributed by atoms with van der Waals surface area (Å²) in [5.74, 6) is -0.702. The van der Waals surface area contributed by atoms with E-state index in [1.165, 1.54) is 6.07 Å². The summed E-state index contributed by atoms with van der Waals surface area (Å²) >= 11 is 5.96. The average molecular weight is 464 g/mol. The topological polar surface area (TPSA) is 73.7 Å². The van der Waals surface area contributed by atoms with Gasteiger partial charge in [-0.25, -0.2) is 4.79 Å². The van der Waals surface area contributed by atoms with Crippen molar-refractivity contribution < 1.29 is 14.7 Å². The van der Waals surface area contributed by atoms with Crippen LogP contribution in [-0.2, 0) is 0 Å². The highest BCUT2D eigenvalue weighted by molar-refractivity contribution is 6.30. The van der Waals surface area contributed by atoms with Crippen LogP contribution in [0, 0.1) is 5.92 Å². The molecule has 1 aromatic heterocycles. The molecule has 0 bridgehead atoms. The van der Waals surface area contributed by atoms with Crippen molar-refractivity contribution in [1.29, 1.82) is 0 Å². The molecule has 1 N–H and O–H groups in total. The van der Waals surface area contributed by atoms with Crippen LogP contribution in [0.25, 0.3) is 0 Å². The quantitative estimate of drug-likeness (QED) is 0.475. The summed E-state index contributed by atoms with van der Waals surface area (Å²) in [5, 5.41) is 10.4. The van der Waals surface area contributed by atoms with Crippen LogP contribution in [0.5, 0.6) is 0 Å². The summed E-state index contributed by atoms with van der Waals surface area (Å²) in [5.41, 5.74) is 3.14. The Kier molecular flexibility index (Phi) is 6.65. The molecule has 2 aromatic carbocycles. The molecule has 1 fully saturated rings. The molecule has 6 nitrogen and oxygen atoms in total. The van der Waals surface area contributed by atoms with E-state index in [4.69, 9.17) is 11.6 Å². The van der Waals surface area contributed by atoms with E-state index in [1.54, 1.807) is 24.4 Å². The molecule has 1 saturated heterocycles. The third-order valence-electron chi connectivity index (χ3n) is 6.20. The molecule has 2 heterocycles. The minimum absolute atomic E-state index is 0.148. The summed E-state index contributed by atoms with van der Waals surface area (Å²) in [7, 11) is 1.90. The predicted molar refractivity (Wildman–Crippen MR) is 131 cm³/mol. The molecule has 1 aliphatic rings. The Morgan fingerprint density at radius 2 is 1.70 bits per heavy atom. The Hall–Kier alpha value is -3.38. The molecule has 0 aliphatic carbocycles. The second kappa shape index (κ2) is 9.63. The first-order chi connectivity index (χ1) is 15.8. The Labute approximate surface area is 198 Å². The number of halogens is 1. The summed E-state index contributed by atoms with van der Waals surface area (Å²) in [6.45, 7) is 3.85. The number of benzene rings is 2. The molecule has 0 unspecified atom stereocenters. The van der Waals surface area contributed by atoms with E-state index in [0.29, 0.717) is 22.2 Å². The van der Waals surface area contributed by atoms with Crippen molar-refractivity contribution in [2.75, 3.05) is 29.9 Å². The lowest BCUT2D eigenvalue weighted by Gasteiger charge is -2.33. The molecule has 170 valence electrons. The van der Waals surface area contributed by atoms with Crippen molar-refractivity contribution in [1.82, 2.24) is 4.98 Å². The van der Waals surface area contributed by atoms with Crippen molar-refractivity contribution in [3.8, 4) is 0 Å². The van der Waals surface area contributed by atoms with E-state index in [0.717, 1.165) is 37.3 Å². The zero-order chi connectivity index (χ0) is 23.5. The number of hydrogen-bond donors (Lipinski definition) is 1. The summed E-state index contributed by atoms with van der Waals surface area (Å²) in [6, 6.07) is 15.8. The number of anilines is 3. The van der Waals surface area contributed by atoms with Gasteiger partial charge in [-0.15, -0.1) is 0 Å². The normalized spacial score (nSPS) is 14.2. The first kappa shape index (κ1) is 22.8. The van der Waals surface area contributed by atoms with Gasteiger partial charge in [0.2, 0.25) is 5.78 Å². The Bertz CT molecular complexity index is 1150. The van der Waals surface area contributed by atoms with Gasteiger partial charge >= 0.3 is 5.97 Å². The maximum atomic E-state index is 13.0. The van der Waals surface area contributed by atoms with Crippen molar-refractivity contribution >= 4 is 40.4 Å². The van der Waals surface area contributed by atoms with Crippen LogP contribution in [0.1, 0.15) is 46.2 Å². The van der Waals surface area contributed by atoms with E-state index in [1.807, 2.05) is 42.3 Å². The molecular weight excluding hydrogens is 438 g/mol. The molecule has 0 radical (unpaired) electrons. The lowest BCUT2D eigenvalue weighted by molar-refractivity contribution is 0.0697. The molecular formula is C26H26ClN3O3. The van der Waals surface area contributed by atoms with Gasteiger partial charge in [-0.05, 0) is 73.4 Å². The second-order valence-corrected chi connectivity index (χ2v) is 8.91. The van der Waals surface area contributed by atoms with Gasteiger partial charge in [0.1, 0.15) is 5.69 Å². The first-order valence-electron chi connectivity index (χ1n) is 11.0. The minimum Gasteiger partial charge on any atom is -0.478 e. The molecule has 0 spiro atoms. The highest BCUT2D eigenvalue weighted by Gasteiger charge is 2.23. The summed E-state index contributed by atoms with van der Waals surface area (Å²) in [6.07, 6.45) is 3.68. The number of rotatable bonds is 6. The van der Waals surface area contributed by atoms with Crippen LogP contribution in [0.3, 0.4) is 0 Å². The standard InChI is InChI=1S/C26H26ClN3O3/c1-17-11-13-30(14-12-17)24-10-3-18(15-22(24)26(32)33)25(31)23-9-8-21(16-28-23)29(2)20-6-4-19(27)5-7-20/h3-10,15-17H,11-14H2,1-2H3,(H,32,33). The SMILES string of the molecule is CC1CCN(c2ccc(C(=O)c3ccc(N(C)c4ccc(Cl)cc4)cn3)cc2C(=O)O)CC1. The lowest BCUT2D eigenvalue weighted by atomic mass is 9.97. The maximum Gasteiger partial charge on any atom is 0.337 e. The van der Waals surface area contributed by atoms with Gasteiger partial charge in [0.15, 0.2) is 0 Å². The average Bonchev–Trinajstić information content (AvgIpc) is 2.84. The number of carbonyl (C=O) groups excluding carboxylic acids is 1. The van der Waals surface area contributed by atoms with E-state index in [9.17, 15) is 14.7 Å². The fourth-order valence-electron chi connectivity index (χ4n) is 4.05. The number of piperidine rings is 1. The van der Waals surface area contributed by atoms with Crippen LogP contribution < -0.4 is 9.80 Å². The number of carboxylic acid groups (broad SMARTS) is 1. The monoisotopic (exact) mass is 463 g/mol. The van der Waals surface area contributed by atoms with E-state index in [2.05, 4.69) is 16.8 Å². The predicted octanol–water partition coefficient (Wildman–Crippen LogP) is 5.67. The third kappa shape index (κ3) is 5.01. The zero-order valence-corrected chi connectivity index (χ0v) is 19.4. The van der Waals surface area contributed by atoms with Gasteiger partial charge in [0, 0.05) is 36.4 Å². The van der Waals surface area contributed by atoms with Gasteiger partial charge in [-0.2, -0.15) is 0 Å². The second-order valence-electron chi connectivity index (χ2n) is 8.47. The number of nitrogens with zero attached hydrogens (tertiary/aromatic N) is 3. The van der Waals surface area contributed by atoms with Crippen molar-refractivity contribution in [2.24, 2.45) is 5.92 Å². The summed E-state index contributed by atoms with van der Waals surface area (Å²) in [4.78, 5) is 33.4. The van der Waals surface area contributed by atoms with Crippen LogP contribution in [0.4, 0.5) is 17.1 Å². The lowest BCUT2D eigenvalue weighted by Crippen LogP contribution is -2.34. The number of aromatic carboxylic acids is 1. The minimum atomic E-state index is -1.04. The van der Waals surface area contributed by atoms with Crippen LogP contribution in [-0.4, -0.2) is 42.0 Å². The zero-order valence-electron chi connectivity index (χ0n) is 18.7. The Balaban J connectivity index is 1.55. The van der Waals surface area contributed by atoms with E-state index in [-0.39, 0.29) is 17.0 Å². The first-order valence-corrected chi connectivity index (χ1v) is 11.3. The highest BCUT2D eigenvalue weighted by atomic mass is 35.5. The molecule has 1 aliphatic heterocycles. The van der Waals surface area contributed by atoms with Gasteiger partial charge in [-0.1, -0.05) is 18.5 Å². The molecule has 0 amide bonds. The fraction of sp³-hybridized carbons (Fsp3) is 0.269. The number of carbonyl (C=O) groups is 2. The molecule has 7 heteroatoms. The number of carboxylic acids is 1. The maximum absolute atomic E-state index is 13.0. The molecule has 4 rings (SSSR count). The van der Waals surface area contributed by atoms with Crippen LogP contribution >= 0.6 is 11.6 Å². The van der Waals surface area contributed by atoms with E-state index < -0.39 is 5.97 Å². The van der Waals surface area contributed by atoms with Crippen LogP contribution in [0.2, 0.25) is 5.02 Å². The third-order valence-corrected chi connectivity index (χ3v) is 6.45.